The van der Waals surface area contributed by atoms with Gasteiger partial charge in [-0.25, -0.2) is 13.5 Å². The average Bonchev–Trinajstić information content (AvgIpc) is 3.16. The first-order valence-electron chi connectivity index (χ1n) is 11.5. The molecule has 0 atom stereocenters. The third-order valence-electron chi connectivity index (χ3n) is 6.26. The summed E-state index contributed by atoms with van der Waals surface area (Å²) >= 11 is 0. The number of anilines is 3. The molecule has 184 valence electrons. The summed E-state index contributed by atoms with van der Waals surface area (Å²) in [4.78, 5) is 18.9. The van der Waals surface area contributed by atoms with Gasteiger partial charge in [0, 0.05) is 63.1 Å². The molecule has 2 aliphatic heterocycles. The minimum absolute atomic E-state index is 0.0958. The van der Waals surface area contributed by atoms with Crippen LogP contribution in [0.1, 0.15) is 11.3 Å². The molecule has 0 spiro atoms. The Hall–Kier alpha value is -3.64. The van der Waals surface area contributed by atoms with Gasteiger partial charge in [-0.15, -0.1) is 0 Å². The molecule has 2 aliphatic rings. The number of aliphatic hydroxyl groups is 1. The Bertz CT molecular complexity index is 1210. The first-order chi connectivity index (χ1) is 16.9. The summed E-state index contributed by atoms with van der Waals surface area (Å²) in [6.45, 7) is 6.57. The number of aromatic nitrogens is 5. The van der Waals surface area contributed by atoms with Crippen LogP contribution in [0.15, 0.2) is 30.5 Å². The largest absolute Gasteiger partial charge is 0.389 e. The maximum atomic E-state index is 13.5. The Morgan fingerprint density at radius 1 is 1.00 bits per heavy atom. The molecule has 3 aromatic rings. The average molecular weight is 484 g/mol. The number of halogens is 2. The van der Waals surface area contributed by atoms with E-state index in [0.29, 0.717) is 43.8 Å². The zero-order valence-electron chi connectivity index (χ0n) is 19.3. The molecule has 12 heteroatoms. The molecule has 0 radical (unpaired) electrons. The van der Waals surface area contributed by atoms with Gasteiger partial charge in [-0.1, -0.05) is 12.2 Å². The van der Waals surface area contributed by atoms with Crippen LogP contribution >= 0.6 is 0 Å². The Morgan fingerprint density at radius 3 is 2.37 bits per heavy atom. The van der Waals surface area contributed by atoms with Crippen molar-refractivity contribution in [1.82, 2.24) is 29.6 Å². The molecule has 5 rings (SSSR count). The second kappa shape index (κ2) is 9.55. The van der Waals surface area contributed by atoms with Gasteiger partial charge >= 0.3 is 0 Å². The van der Waals surface area contributed by atoms with Gasteiger partial charge < -0.3 is 20.6 Å². The van der Waals surface area contributed by atoms with Gasteiger partial charge in [0.25, 0.3) is 5.95 Å². The van der Waals surface area contributed by atoms with E-state index < -0.39 is 11.6 Å². The van der Waals surface area contributed by atoms with Crippen LogP contribution in [0.2, 0.25) is 0 Å². The monoisotopic (exact) mass is 483 g/mol. The van der Waals surface area contributed by atoms with E-state index in [1.165, 1.54) is 12.1 Å². The molecule has 35 heavy (non-hydrogen) atoms. The summed E-state index contributed by atoms with van der Waals surface area (Å²) in [5, 5.41) is 14.0. The number of hydrogen-bond acceptors (Lipinski definition) is 9. The van der Waals surface area contributed by atoms with Crippen LogP contribution in [0.3, 0.4) is 0 Å². The molecule has 2 fully saturated rings. The molecule has 4 heterocycles. The van der Waals surface area contributed by atoms with Gasteiger partial charge in [0.15, 0.2) is 0 Å². The lowest BCUT2D eigenvalue weighted by molar-refractivity contribution is 0.140. The number of piperazine rings is 1. The molecule has 10 nitrogen and oxygen atoms in total. The predicted molar refractivity (Wildman–Crippen MR) is 128 cm³/mol. The lowest BCUT2D eigenvalue weighted by atomic mass is 10.2. The van der Waals surface area contributed by atoms with E-state index >= 15 is 0 Å². The van der Waals surface area contributed by atoms with Crippen LogP contribution < -0.4 is 15.5 Å². The number of aliphatic hydroxyl groups excluding tert-OH is 1. The molecule has 2 aromatic heterocycles. The van der Waals surface area contributed by atoms with Crippen molar-refractivity contribution in [2.75, 3.05) is 61.3 Å². The van der Waals surface area contributed by atoms with Crippen LogP contribution in [0.4, 0.5) is 26.4 Å². The van der Waals surface area contributed by atoms with E-state index in [4.69, 9.17) is 5.73 Å². The minimum Gasteiger partial charge on any atom is -0.389 e. The minimum atomic E-state index is -0.559. The molecule has 0 aliphatic carbocycles. The van der Waals surface area contributed by atoms with Crippen molar-refractivity contribution in [2.45, 2.75) is 13.0 Å². The van der Waals surface area contributed by atoms with Gasteiger partial charge in [0.1, 0.15) is 11.6 Å². The highest BCUT2D eigenvalue weighted by Gasteiger charge is 2.28. The summed E-state index contributed by atoms with van der Waals surface area (Å²) in [6.07, 6.45) is 5.44. The number of rotatable bonds is 6. The number of β-amino-alcohol motifs (C(OH)–C–C–N with tert-alkyl or cyclic N) is 1. The van der Waals surface area contributed by atoms with Crippen LogP contribution in [-0.2, 0) is 0 Å². The van der Waals surface area contributed by atoms with E-state index in [2.05, 4.69) is 31.0 Å². The van der Waals surface area contributed by atoms with Gasteiger partial charge in [-0.05, 0) is 19.1 Å². The van der Waals surface area contributed by atoms with Gasteiger partial charge in [0.05, 0.1) is 18.0 Å². The Balaban J connectivity index is 1.20. The lowest BCUT2D eigenvalue weighted by Gasteiger charge is -2.35. The molecule has 0 saturated carbocycles. The quantitative estimate of drug-likeness (QED) is 0.535. The highest BCUT2D eigenvalue weighted by molar-refractivity contribution is 5.52. The Labute approximate surface area is 201 Å². The maximum Gasteiger partial charge on any atom is 0.257 e. The lowest BCUT2D eigenvalue weighted by Crippen LogP contribution is -2.51. The molecule has 0 amide bonds. The molecule has 2 saturated heterocycles. The van der Waals surface area contributed by atoms with Crippen molar-refractivity contribution in [3.63, 3.8) is 0 Å². The van der Waals surface area contributed by atoms with Crippen molar-refractivity contribution in [2.24, 2.45) is 0 Å². The summed E-state index contributed by atoms with van der Waals surface area (Å²) < 4.78 is 28.7. The van der Waals surface area contributed by atoms with Crippen molar-refractivity contribution < 1.29 is 13.9 Å². The topological polar surface area (TPSA) is 112 Å². The van der Waals surface area contributed by atoms with E-state index in [1.54, 1.807) is 10.9 Å². The summed E-state index contributed by atoms with van der Waals surface area (Å²) in [5.74, 6) is -0.271. The van der Waals surface area contributed by atoms with Gasteiger partial charge in [-0.2, -0.15) is 20.1 Å². The van der Waals surface area contributed by atoms with Crippen molar-refractivity contribution in [3.05, 3.63) is 53.4 Å². The summed E-state index contributed by atoms with van der Waals surface area (Å²) in [5.41, 5.74) is 8.24. The predicted octanol–water partition coefficient (Wildman–Crippen LogP) is 1.24. The fraction of sp³-hybridized carbons (Fsp3) is 0.391. The number of nitrogens with two attached hydrogens (primary N) is 1. The number of nitrogens with zero attached hydrogens (tertiary/aromatic N) is 8. The van der Waals surface area contributed by atoms with Crippen LogP contribution in [0.25, 0.3) is 12.0 Å². The van der Waals surface area contributed by atoms with Crippen LogP contribution in [0.5, 0.6) is 0 Å². The van der Waals surface area contributed by atoms with Crippen molar-refractivity contribution in [1.29, 1.82) is 0 Å². The zero-order valence-corrected chi connectivity index (χ0v) is 19.3. The van der Waals surface area contributed by atoms with E-state index in [-0.39, 0.29) is 12.1 Å². The second-order valence-electron chi connectivity index (χ2n) is 8.77. The molecular weight excluding hydrogens is 456 g/mol. The number of nitrogen functional groups attached to an aromatic ring is 1. The first-order valence-corrected chi connectivity index (χ1v) is 11.5. The van der Waals surface area contributed by atoms with E-state index in [9.17, 15) is 13.9 Å². The van der Waals surface area contributed by atoms with Crippen LogP contribution in [0, 0.1) is 18.6 Å². The van der Waals surface area contributed by atoms with E-state index in [0.717, 1.165) is 37.0 Å². The number of hydrogen-bond donors (Lipinski definition) is 2. The fourth-order valence-electron chi connectivity index (χ4n) is 4.25. The standard InChI is InChI=1S/C23H27F2N9O/c1-15-16(12-27-34(15)23-29-21(26)28-22(30-23)33-13-20(35)14-33)3-2-4-31-5-7-32(8-6-31)19-10-17(24)9-18(25)11-19/h2-3,9-12,20,35H,4-8,13-14H2,1H3,(H2,26,28,29,30). The van der Waals surface area contributed by atoms with Crippen LogP contribution in [-0.4, -0.2) is 86.7 Å². The smallest absolute Gasteiger partial charge is 0.257 e. The van der Waals surface area contributed by atoms with Crippen molar-refractivity contribution >= 4 is 23.7 Å². The van der Waals surface area contributed by atoms with Crippen molar-refractivity contribution in [3.8, 4) is 5.95 Å². The second-order valence-corrected chi connectivity index (χ2v) is 8.77. The highest BCUT2D eigenvalue weighted by Crippen LogP contribution is 2.21. The van der Waals surface area contributed by atoms with E-state index in [1.807, 2.05) is 22.8 Å². The molecule has 0 unspecified atom stereocenters. The zero-order chi connectivity index (χ0) is 24.5. The third kappa shape index (κ3) is 5.08. The summed E-state index contributed by atoms with van der Waals surface area (Å²) in [6, 6.07) is 3.63. The molecule has 0 bridgehead atoms. The van der Waals surface area contributed by atoms with Gasteiger partial charge in [-0.3, -0.25) is 4.90 Å². The van der Waals surface area contributed by atoms with Gasteiger partial charge in [0.2, 0.25) is 11.9 Å². The third-order valence-corrected chi connectivity index (χ3v) is 6.26. The summed E-state index contributed by atoms with van der Waals surface area (Å²) in [7, 11) is 0. The first kappa shape index (κ1) is 23.1. The molecular formula is C23H27F2N9O. The number of benzene rings is 1. The Kier molecular flexibility index (Phi) is 6.31. The molecule has 3 N–H and O–H groups in total. The maximum absolute atomic E-state index is 13.5. The fourth-order valence-corrected chi connectivity index (χ4v) is 4.25. The normalized spacial score (nSPS) is 17.4. The Morgan fingerprint density at radius 2 is 1.69 bits per heavy atom. The molecule has 1 aromatic carbocycles. The SMILES string of the molecule is Cc1c(C=CCN2CCN(c3cc(F)cc(F)c3)CC2)cnn1-c1nc(N)nc(N2CC(O)C2)n1. The highest BCUT2D eigenvalue weighted by atomic mass is 19.1.